The monoisotopic (exact) mass is 251 g/mol. The van der Waals surface area contributed by atoms with Crippen molar-refractivity contribution in [3.63, 3.8) is 0 Å². The normalized spacial score (nSPS) is 11.7. The van der Waals surface area contributed by atoms with E-state index < -0.39 is 18.0 Å². The van der Waals surface area contributed by atoms with Gasteiger partial charge in [-0.3, -0.25) is 4.79 Å². The van der Waals surface area contributed by atoms with E-state index in [1.807, 2.05) is 25.2 Å². The number of benzene rings is 1. The van der Waals surface area contributed by atoms with Crippen LogP contribution in [0, 0.1) is 0 Å². The van der Waals surface area contributed by atoms with E-state index in [0.717, 1.165) is 5.56 Å². The molecule has 0 aliphatic carbocycles. The molecule has 6 nitrogen and oxygen atoms in total. The number of carbonyl (C=O) groups excluding carboxylic acids is 1. The topological polar surface area (TPSA) is 90.5 Å². The lowest BCUT2D eigenvalue weighted by Gasteiger charge is -2.11. The van der Waals surface area contributed by atoms with Crippen molar-refractivity contribution in [2.45, 2.75) is 19.5 Å². The van der Waals surface area contributed by atoms with Crippen LogP contribution in [0.5, 0.6) is 0 Å². The van der Waals surface area contributed by atoms with Crippen LogP contribution in [-0.2, 0) is 11.3 Å². The number of carboxylic acids is 1. The summed E-state index contributed by atoms with van der Waals surface area (Å²) in [6.07, 6.45) is 0. The lowest BCUT2D eigenvalue weighted by Crippen LogP contribution is -2.40. The van der Waals surface area contributed by atoms with E-state index >= 15 is 0 Å². The number of hydrogen-bond acceptors (Lipinski definition) is 3. The summed E-state index contributed by atoms with van der Waals surface area (Å²) in [7, 11) is 1.83. The standard InChI is InChI=1S/C12H17N3O3/c1-8(11(16)17)14-12(18)15-10-5-3-4-9(6-10)7-13-2/h3-6,8,13H,7H2,1-2H3,(H,16,17)(H2,14,15,18)/t8-/m1/s1. The minimum atomic E-state index is -1.07. The molecule has 0 aliphatic rings. The summed E-state index contributed by atoms with van der Waals surface area (Å²) in [5.41, 5.74) is 1.65. The molecule has 0 saturated heterocycles. The summed E-state index contributed by atoms with van der Waals surface area (Å²) in [6, 6.07) is 5.85. The van der Waals surface area contributed by atoms with Crippen molar-refractivity contribution in [1.29, 1.82) is 0 Å². The Bertz CT molecular complexity index is 434. The van der Waals surface area contributed by atoms with E-state index in [1.54, 1.807) is 6.07 Å². The SMILES string of the molecule is CNCc1cccc(NC(=O)N[C@H](C)C(=O)O)c1. The van der Waals surface area contributed by atoms with Crippen LogP contribution >= 0.6 is 0 Å². The summed E-state index contributed by atoms with van der Waals surface area (Å²) in [4.78, 5) is 22.1. The molecular weight excluding hydrogens is 234 g/mol. The van der Waals surface area contributed by atoms with E-state index in [9.17, 15) is 9.59 Å². The maximum Gasteiger partial charge on any atom is 0.325 e. The van der Waals surface area contributed by atoms with Crippen molar-refractivity contribution >= 4 is 17.7 Å². The Balaban J connectivity index is 2.58. The predicted molar refractivity (Wildman–Crippen MR) is 68.5 cm³/mol. The first-order valence-electron chi connectivity index (χ1n) is 5.57. The highest BCUT2D eigenvalue weighted by molar-refractivity contribution is 5.92. The summed E-state index contributed by atoms with van der Waals surface area (Å²) >= 11 is 0. The Labute approximate surface area is 105 Å². The van der Waals surface area contributed by atoms with Gasteiger partial charge in [0.05, 0.1) is 0 Å². The van der Waals surface area contributed by atoms with Crippen LogP contribution in [-0.4, -0.2) is 30.2 Å². The third-order valence-electron chi connectivity index (χ3n) is 2.28. The molecule has 2 amide bonds. The van der Waals surface area contributed by atoms with Crippen molar-refractivity contribution in [1.82, 2.24) is 10.6 Å². The van der Waals surface area contributed by atoms with Gasteiger partial charge in [-0.25, -0.2) is 4.79 Å². The number of carbonyl (C=O) groups is 2. The molecule has 0 aliphatic heterocycles. The fraction of sp³-hybridized carbons (Fsp3) is 0.333. The number of anilines is 1. The van der Waals surface area contributed by atoms with Crippen LogP contribution in [0.3, 0.4) is 0 Å². The van der Waals surface area contributed by atoms with E-state index in [0.29, 0.717) is 12.2 Å². The lowest BCUT2D eigenvalue weighted by molar-refractivity contribution is -0.138. The van der Waals surface area contributed by atoms with Crippen molar-refractivity contribution in [3.8, 4) is 0 Å². The van der Waals surface area contributed by atoms with Crippen LogP contribution in [0.2, 0.25) is 0 Å². The Hall–Kier alpha value is -2.08. The highest BCUT2D eigenvalue weighted by atomic mass is 16.4. The first-order chi connectivity index (χ1) is 8.52. The molecule has 0 heterocycles. The van der Waals surface area contributed by atoms with Gasteiger partial charge in [0.1, 0.15) is 6.04 Å². The fourth-order valence-corrected chi connectivity index (χ4v) is 1.39. The molecule has 0 aromatic heterocycles. The van der Waals surface area contributed by atoms with Crippen molar-refractivity contribution in [2.24, 2.45) is 0 Å². The van der Waals surface area contributed by atoms with Crippen LogP contribution in [0.15, 0.2) is 24.3 Å². The summed E-state index contributed by atoms with van der Waals surface area (Å²) in [5.74, 6) is -1.07. The fourth-order valence-electron chi connectivity index (χ4n) is 1.39. The number of hydrogen-bond donors (Lipinski definition) is 4. The molecule has 98 valence electrons. The molecule has 0 spiro atoms. The molecule has 1 aromatic carbocycles. The Morgan fingerprint density at radius 1 is 1.39 bits per heavy atom. The van der Waals surface area contributed by atoms with Gasteiger partial charge in [0.2, 0.25) is 0 Å². The first-order valence-corrected chi connectivity index (χ1v) is 5.57. The van der Waals surface area contributed by atoms with E-state index in [1.165, 1.54) is 6.92 Å². The van der Waals surface area contributed by atoms with Gasteiger partial charge in [-0.05, 0) is 31.7 Å². The van der Waals surface area contributed by atoms with Crippen molar-refractivity contribution in [2.75, 3.05) is 12.4 Å². The Morgan fingerprint density at radius 2 is 2.11 bits per heavy atom. The maximum atomic E-state index is 11.5. The minimum Gasteiger partial charge on any atom is -0.480 e. The van der Waals surface area contributed by atoms with Crippen molar-refractivity contribution in [3.05, 3.63) is 29.8 Å². The number of amides is 2. The van der Waals surface area contributed by atoms with Gasteiger partial charge in [-0.2, -0.15) is 0 Å². The van der Waals surface area contributed by atoms with Crippen LogP contribution < -0.4 is 16.0 Å². The molecule has 1 rings (SSSR count). The van der Waals surface area contributed by atoms with Gasteiger partial charge in [-0.15, -0.1) is 0 Å². The second kappa shape index (κ2) is 6.61. The van der Waals surface area contributed by atoms with E-state index in [-0.39, 0.29) is 0 Å². The number of urea groups is 1. The molecule has 0 unspecified atom stereocenters. The quantitative estimate of drug-likeness (QED) is 0.628. The number of rotatable bonds is 5. The minimum absolute atomic E-state index is 0.536. The van der Waals surface area contributed by atoms with Gasteiger partial charge in [0.25, 0.3) is 0 Å². The maximum absolute atomic E-state index is 11.5. The first kappa shape index (κ1) is 14.0. The lowest BCUT2D eigenvalue weighted by atomic mass is 10.2. The summed E-state index contributed by atoms with van der Waals surface area (Å²) < 4.78 is 0. The molecule has 1 aromatic rings. The predicted octanol–water partition coefficient (Wildman–Crippen LogP) is 1.00. The third kappa shape index (κ3) is 4.42. The highest BCUT2D eigenvalue weighted by Crippen LogP contribution is 2.10. The molecule has 6 heteroatoms. The zero-order valence-electron chi connectivity index (χ0n) is 10.4. The molecule has 0 saturated carbocycles. The molecule has 4 N–H and O–H groups in total. The van der Waals surface area contributed by atoms with Crippen LogP contribution in [0.1, 0.15) is 12.5 Å². The van der Waals surface area contributed by atoms with E-state index in [4.69, 9.17) is 5.11 Å². The number of aliphatic carboxylic acids is 1. The smallest absolute Gasteiger partial charge is 0.325 e. The van der Waals surface area contributed by atoms with Gasteiger partial charge in [-0.1, -0.05) is 12.1 Å². The van der Waals surface area contributed by atoms with Gasteiger partial charge in [0.15, 0.2) is 0 Å². The van der Waals surface area contributed by atoms with Gasteiger partial charge >= 0.3 is 12.0 Å². The zero-order valence-corrected chi connectivity index (χ0v) is 10.4. The third-order valence-corrected chi connectivity index (χ3v) is 2.28. The number of nitrogens with one attached hydrogen (secondary N) is 3. The average Bonchev–Trinajstić information content (AvgIpc) is 2.29. The summed E-state index contributed by atoms with van der Waals surface area (Å²) in [5, 5.41) is 16.6. The molecule has 0 radical (unpaired) electrons. The Morgan fingerprint density at radius 3 is 2.72 bits per heavy atom. The average molecular weight is 251 g/mol. The second-order valence-corrected chi connectivity index (χ2v) is 3.89. The van der Waals surface area contributed by atoms with Gasteiger partial charge < -0.3 is 21.1 Å². The molecule has 18 heavy (non-hydrogen) atoms. The summed E-state index contributed by atoms with van der Waals surface area (Å²) in [6.45, 7) is 2.10. The highest BCUT2D eigenvalue weighted by Gasteiger charge is 2.13. The van der Waals surface area contributed by atoms with Crippen LogP contribution in [0.25, 0.3) is 0 Å². The molecule has 0 bridgehead atoms. The largest absolute Gasteiger partial charge is 0.480 e. The Kier molecular flexibility index (Phi) is 5.13. The molecular formula is C12H17N3O3. The van der Waals surface area contributed by atoms with Gasteiger partial charge in [0, 0.05) is 12.2 Å². The molecule has 0 fully saturated rings. The van der Waals surface area contributed by atoms with Crippen LogP contribution in [0.4, 0.5) is 10.5 Å². The second-order valence-electron chi connectivity index (χ2n) is 3.89. The van der Waals surface area contributed by atoms with Crippen molar-refractivity contribution < 1.29 is 14.7 Å². The van der Waals surface area contributed by atoms with E-state index in [2.05, 4.69) is 16.0 Å². The zero-order chi connectivity index (χ0) is 13.5. The molecule has 1 atom stereocenters. The number of carboxylic acid groups (broad SMARTS) is 1.